The summed E-state index contributed by atoms with van der Waals surface area (Å²) in [6.07, 6.45) is 4.08. The molecule has 0 aromatic rings. The van der Waals surface area contributed by atoms with E-state index in [2.05, 4.69) is 41.5 Å². The topological polar surface area (TPSA) is 0 Å². The first-order valence-corrected chi connectivity index (χ1v) is 5.06. The maximum absolute atomic E-state index is 2.24. The van der Waals surface area contributed by atoms with E-state index >= 15 is 0 Å². The Bertz CT molecular complexity index is 45.1. The van der Waals surface area contributed by atoms with Gasteiger partial charge in [-0.1, -0.05) is 60.8 Å². The largest absolute Gasteiger partial charge is 0.0654 e. The Balaban J connectivity index is 0. The van der Waals surface area contributed by atoms with Gasteiger partial charge in [0.15, 0.2) is 0 Å². The van der Waals surface area contributed by atoms with Crippen LogP contribution in [0, 0.1) is 11.8 Å². The molecule has 0 unspecified atom stereocenters. The van der Waals surface area contributed by atoms with Gasteiger partial charge in [0.2, 0.25) is 0 Å². The van der Waals surface area contributed by atoms with Crippen LogP contribution in [0.4, 0.5) is 0 Å². The highest BCUT2D eigenvalue weighted by molar-refractivity contribution is 4.46. The normalized spacial score (nSPS) is 9.82. The summed E-state index contributed by atoms with van der Waals surface area (Å²) in [7, 11) is 0. The molecule has 0 amide bonds. The smallest absolute Gasteiger partial charge is 0.0448 e. The lowest BCUT2D eigenvalue weighted by atomic mass is 10.0. The van der Waals surface area contributed by atoms with Crippen molar-refractivity contribution in [3.63, 3.8) is 0 Å². The van der Waals surface area contributed by atoms with E-state index in [4.69, 9.17) is 0 Å². The van der Waals surface area contributed by atoms with Crippen molar-refractivity contribution in [1.82, 2.24) is 0 Å². The first-order chi connectivity index (χ1) is 5.06. The molecule has 0 heterocycles. The molecule has 0 nitrogen and oxygen atoms in total. The van der Waals surface area contributed by atoms with Crippen molar-refractivity contribution in [1.29, 1.82) is 0 Å². The number of hydrogen-bond acceptors (Lipinski definition) is 0. The summed E-state index contributed by atoms with van der Waals surface area (Å²) in [6.45, 7) is 13.4. The average molecular weight is 158 g/mol. The van der Waals surface area contributed by atoms with E-state index in [9.17, 15) is 0 Å². The molecule has 0 N–H and O–H groups in total. The molecular weight excluding hydrogens is 132 g/mol. The lowest BCUT2D eigenvalue weighted by Gasteiger charge is -2.05. The van der Waals surface area contributed by atoms with Crippen LogP contribution in [0.25, 0.3) is 0 Å². The predicted octanol–water partition coefficient (Wildman–Crippen LogP) is 4.49. The fourth-order valence-electron chi connectivity index (χ4n) is 0.354. The van der Waals surface area contributed by atoms with Gasteiger partial charge in [0.05, 0.1) is 0 Å². The van der Waals surface area contributed by atoms with Crippen LogP contribution in [-0.4, -0.2) is 0 Å². The van der Waals surface area contributed by atoms with E-state index in [-0.39, 0.29) is 0 Å². The second-order valence-electron chi connectivity index (χ2n) is 3.84. The predicted molar refractivity (Wildman–Crippen MR) is 54.9 cm³/mol. The standard InChI is InChI=1S/C6H14.C5H12/c1-5(2)6(3)4;1-3-5-4-2/h5-6H,1-4H3;3-5H2,1-2H3. The Morgan fingerprint density at radius 3 is 1.00 bits per heavy atom. The highest BCUT2D eigenvalue weighted by atomic mass is 14.0. The first kappa shape index (κ1) is 13.6. The van der Waals surface area contributed by atoms with Crippen LogP contribution >= 0.6 is 0 Å². The maximum atomic E-state index is 2.24. The van der Waals surface area contributed by atoms with Gasteiger partial charge in [-0.3, -0.25) is 0 Å². The van der Waals surface area contributed by atoms with Gasteiger partial charge in [-0.05, 0) is 11.8 Å². The van der Waals surface area contributed by atoms with Crippen LogP contribution in [0.1, 0.15) is 60.8 Å². The van der Waals surface area contributed by atoms with Crippen molar-refractivity contribution < 1.29 is 0 Å². The minimum Gasteiger partial charge on any atom is -0.0654 e. The van der Waals surface area contributed by atoms with Crippen molar-refractivity contribution >= 4 is 0 Å². The average Bonchev–Trinajstić information content (AvgIpc) is 1.90. The SMILES string of the molecule is CC(C)C(C)C.CCCCC. The minimum atomic E-state index is 0.852. The molecule has 0 aliphatic carbocycles. The molecule has 0 rings (SSSR count). The quantitative estimate of drug-likeness (QED) is 0.567. The monoisotopic (exact) mass is 158 g/mol. The van der Waals surface area contributed by atoms with Gasteiger partial charge in [-0.2, -0.15) is 0 Å². The molecule has 0 fully saturated rings. The zero-order chi connectivity index (χ0) is 9.28. The molecule has 0 aromatic carbocycles. The van der Waals surface area contributed by atoms with Gasteiger partial charge < -0.3 is 0 Å². The molecule has 0 heteroatoms. The third-order valence-corrected chi connectivity index (χ3v) is 2.04. The summed E-state index contributed by atoms with van der Waals surface area (Å²) in [5.41, 5.74) is 0. The molecule has 11 heavy (non-hydrogen) atoms. The minimum absolute atomic E-state index is 0.852. The third-order valence-electron chi connectivity index (χ3n) is 2.04. The van der Waals surface area contributed by atoms with E-state index in [0.29, 0.717) is 0 Å². The van der Waals surface area contributed by atoms with E-state index in [1.165, 1.54) is 19.3 Å². The Kier molecular flexibility index (Phi) is 12.3. The highest BCUT2D eigenvalue weighted by Gasteiger charge is 1.95. The molecule has 0 atom stereocenters. The summed E-state index contributed by atoms with van der Waals surface area (Å²) in [5.74, 6) is 1.70. The molecule has 0 aromatic heterocycles. The van der Waals surface area contributed by atoms with Gasteiger partial charge in [0.1, 0.15) is 0 Å². The summed E-state index contributed by atoms with van der Waals surface area (Å²) in [4.78, 5) is 0. The Morgan fingerprint density at radius 2 is 1.00 bits per heavy atom. The fourth-order valence-corrected chi connectivity index (χ4v) is 0.354. The van der Waals surface area contributed by atoms with E-state index in [0.717, 1.165) is 11.8 Å². The number of rotatable bonds is 3. The zero-order valence-electron chi connectivity index (χ0n) is 9.28. The molecular formula is C11H26. The molecule has 0 aliphatic heterocycles. The van der Waals surface area contributed by atoms with Crippen LogP contribution in [0.5, 0.6) is 0 Å². The fraction of sp³-hybridized carbons (Fsp3) is 1.00. The number of hydrogen-bond donors (Lipinski definition) is 0. The summed E-state index contributed by atoms with van der Waals surface area (Å²) >= 11 is 0. The molecule has 0 saturated heterocycles. The van der Waals surface area contributed by atoms with E-state index < -0.39 is 0 Å². The van der Waals surface area contributed by atoms with Crippen molar-refractivity contribution in [3.05, 3.63) is 0 Å². The highest BCUT2D eigenvalue weighted by Crippen LogP contribution is 2.05. The van der Waals surface area contributed by atoms with E-state index in [1.807, 2.05) is 0 Å². The lowest BCUT2D eigenvalue weighted by molar-refractivity contribution is 0.457. The van der Waals surface area contributed by atoms with Crippen LogP contribution in [0.2, 0.25) is 0 Å². The second-order valence-corrected chi connectivity index (χ2v) is 3.84. The van der Waals surface area contributed by atoms with Gasteiger partial charge >= 0.3 is 0 Å². The third kappa shape index (κ3) is 17.8. The molecule has 0 aliphatic rings. The molecule has 0 spiro atoms. The van der Waals surface area contributed by atoms with Crippen molar-refractivity contribution in [2.24, 2.45) is 11.8 Å². The lowest BCUT2D eigenvalue weighted by Crippen LogP contribution is -1.95. The zero-order valence-corrected chi connectivity index (χ0v) is 9.28. The molecule has 0 bridgehead atoms. The Hall–Kier alpha value is 0. The van der Waals surface area contributed by atoms with Crippen molar-refractivity contribution in [3.8, 4) is 0 Å². The summed E-state index contributed by atoms with van der Waals surface area (Å²) in [5, 5.41) is 0. The second kappa shape index (κ2) is 10.0. The Morgan fingerprint density at radius 1 is 0.727 bits per heavy atom. The van der Waals surface area contributed by atoms with Crippen LogP contribution in [-0.2, 0) is 0 Å². The molecule has 0 saturated carbocycles. The van der Waals surface area contributed by atoms with Gasteiger partial charge in [-0.25, -0.2) is 0 Å². The van der Waals surface area contributed by atoms with Crippen LogP contribution in [0.3, 0.4) is 0 Å². The van der Waals surface area contributed by atoms with Crippen LogP contribution in [0.15, 0.2) is 0 Å². The summed E-state index contributed by atoms with van der Waals surface area (Å²) < 4.78 is 0. The van der Waals surface area contributed by atoms with E-state index in [1.54, 1.807) is 0 Å². The van der Waals surface area contributed by atoms with Gasteiger partial charge in [0.25, 0.3) is 0 Å². The Labute approximate surface area is 73.4 Å². The molecule has 70 valence electrons. The number of unbranched alkanes of at least 4 members (excludes halogenated alkanes) is 2. The van der Waals surface area contributed by atoms with Crippen molar-refractivity contribution in [2.75, 3.05) is 0 Å². The summed E-state index contributed by atoms with van der Waals surface area (Å²) in [6, 6.07) is 0. The van der Waals surface area contributed by atoms with Crippen molar-refractivity contribution in [2.45, 2.75) is 60.8 Å². The van der Waals surface area contributed by atoms with Gasteiger partial charge in [-0.15, -0.1) is 0 Å². The maximum Gasteiger partial charge on any atom is -0.0448 e. The molecule has 0 radical (unpaired) electrons. The van der Waals surface area contributed by atoms with Crippen LogP contribution < -0.4 is 0 Å². The first-order valence-electron chi connectivity index (χ1n) is 5.06. The van der Waals surface area contributed by atoms with Gasteiger partial charge in [0, 0.05) is 0 Å².